The molecule has 19 heavy (non-hydrogen) atoms. The first-order valence-corrected chi connectivity index (χ1v) is 7.20. The van der Waals surface area contributed by atoms with Crippen molar-refractivity contribution in [1.29, 1.82) is 0 Å². The van der Waals surface area contributed by atoms with E-state index < -0.39 is 0 Å². The molecule has 1 N–H and O–H groups in total. The number of anilines is 1. The van der Waals surface area contributed by atoms with Crippen LogP contribution in [0.15, 0.2) is 18.2 Å². The molecule has 0 aliphatic rings. The number of hydrogen-bond donors (Lipinski definition) is 1. The van der Waals surface area contributed by atoms with Gasteiger partial charge in [0.05, 0.1) is 5.52 Å². The summed E-state index contributed by atoms with van der Waals surface area (Å²) < 4.78 is 0. The third kappa shape index (κ3) is 2.58. The number of pyridine rings is 1. The van der Waals surface area contributed by atoms with Crippen LogP contribution in [-0.2, 0) is 0 Å². The molecule has 2 heteroatoms. The second-order valence-corrected chi connectivity index (χ2v) is 5.54. The number of aromatic nitrogens is 1. The lowest BCUT2D eigenvalue weighted by Crippen LogP contribution is -2.08. The summed E-state index contributed by atoms with van der Waals surface area (Å²) in [5, 5.41) is 4.87. The van der Waals surface area contributed by atoms with Crippen LogP contribution in [0.5, 0.6) is 0 Å². The molecule has 102 valence electrons. The van der Waals surface area contributed by atoms with Crippen molar-refractivity contribution in [1.82, 2.24) is 4.98 Å². The van der Waals surface area contributed by atoms with Gasteiger partial charge in [0.25, 0.3) is 0 Å². The molecule has 2 nitrogen and oxygen atoms in total. The van der Waals surface area contributed by atoms with Crippen LogP contribution in [0.25, 0.3) is 10.9 Å². The molecule has 0 aliphatic heterocycles. The summed E-state index contributed by atoms with van der Waals surface area (Å²) in [7, 11) is 0. The number of benzene rings is 1. The second-order valence-electron chi connectivity index (χ2n) is 5.54. The topological polar surface area (TPSA) is 24.9 Å². The maximum absolute atomic E-state index is 4.83. The fraction of sp³-hybridized carbons (Fsp3) is 0.471. The summed E-state index contributed by atoms with van der Waals surface area (Å²) in [5.41, 5.74) is 6.16. The van der Waals surface area contributed by atoms with Crippen LogP contribution < -0.4 is 5.32 Å². The summed E-state index contributed by atoms with van der Waals surface area (Å²) in [6.45, 7) is 11.9. The van der Waals surface area contributed by atoms with Crippen molar-refractivity contribution in [3.05, 3.63) is 35.0 Å². The molecule has 0 spiro atoms. The zero-order chi connectivity index (χ0) is 14.0. The SMILES string of the molecule is CCCNc1c(C(C)C)c(C)nc2c(C)cccc12. The molecule has 0 fully saturated rings. The Hall–Kier alpha value is -1.57. The molecule has 0 radical (unpaired) electrons. The molecule has 2 aromatic rings. The zero-order valence-electron chi connectivity index (χ0n) is 12.7. The minimum atomic E-state index is 0.483. The van der Waals surface area contributed by atoms with Gasteiger partial charge >= 0.3 is 0 Å². The van der Waals surface area contributed by atoms with E-state index in [1.54, 1.807) is 0 Å². The lowest BCUT2D eigenvalue weighted by molar-refractivity contribution is 0.844. The van der Waals surface area contributed by atoms with Crippen molar-refractivity contribution >= 4 is 16.6 Å². The van der Waals surface area contributed by atoms with Gasteiger partial charge in [-0.15, -0.1) is 0 Å². The number of aryl methyl sites for hydroxylation is 2. The highest BCUT2D eigenvalue weighted by Gasteiger charge is 2.15. The minimum absolute atomic E-state index is 0.483. The van der Waals surface area contributed by atoms with Crippen LogP contribution in [0.2, 0.25) is 0 Å². The Balaban J connectivity index is 2.75. The van der Waals surface area contributed by atoms with E-state index in [0.29, 0.717) is 5.92 Å². The fourth-order valence-electron chi connectivity index (χ4n) is 2.71. The van der Waals surface area contributed by atoms with Gasteiger partial charge in [-0.25, -0.2) is 0 Å². The molecule has 1 heterocycles. The van der Waals surface area contributed by atoms with Gasteiger partial charge in [-0.3, -0.25) is 4.98 Å². The average Bonchev–Trinajstić information content (AvgIpc) is 2.36. The van der Waals surface area contributed by atoms with Crippen LogP contribution >= 0.6 is 0 Å². The molecule has 1 aromatic heterocycles. The quantitative estimate of drug-likeness (QED) is 0.850. The van der Waals surface area contributed by atoms with Crippen molar-refractivity contribution in [3.63, 3.8) is 0 Å². The van der Waals surface area contributed by atoms with Crippen LogP contribution in [0.3, 0.4) is 0 Å². The number of nitrogens with one attached hydrogen (secondary N) is 1. The molecule has 0 saturated carbocycles. The normalized spacial score (nSPS) is 11.3. The maximum atomic E-state index is 4.83. The zero-order valence-corrected chi connectivity index (χ0v) is 12.7. The van der Waals surface area contributed by atoms with E-state index in [2.05, 4.69) is 58.1 Å². The fourth-order valence-corrected chi connectivity index (χ4v) is 2.71. The number of rotatable bonds is 4. The summed E-state index contributed by atoms with van der Waals surface area (Å²) in [5.74, 6) is 0.483. The highest BCUT2D eigenvalue weighted by Crippen LogP contribution is 2.34. The smallest absolute Gasteiger partial charge is 0.0755 e. The van der Waals surface area contributed by atoms with Crippen molar-refractivity contribution in [3.8, 4) is 0 Å². The average molecular weight is 256 g/mol. The van der Waals surface area contributed by atoms with Crippen molar-refractivity contribution in [2.45, 2.75) is 47.0 Å². The van der Waals surface area contributed by atoms with E-state index in [4.69, 9.17) is 4.98 Å². The van der Waals surface area contributed by atoms with Gasteiger partial charge in [0.15, 0.2) is 0 Å². The molecule has 1 aromatic carbocycles. The number of nitrogens with zero attached hydrogens (tertiary/aromatic N) is 1. The molecule has 0 unspecified atom stereocenters. The lowest BCUT2D eigenvalue weighted by Gasteiger charge is -2.20. The van der Waals surface area contributed by atoms with E-state index in [0.717, 1.165) is 24.2 Å². The van der Waals surface area contributed by atoms with Gasteiger partial charge in [-0.1, -0.05) is 39.0 Å². The predicted molar refractivity (Wildman–Crippen MR) is 84.1 cm³/mol. The first-order chi connectivity index (χ1) is 9.06. The lowest BCUT2D eigenvalue weighted by atomic mass is 9.95. The highest BCUT2D eigenvalue weighted by atomic mass is 14.9. The van der Waals surface area contributed by atoms with E-state index in [9.17, 15) is 0 Å². The second kappa shape index (κ2) is 5.60. The van der Waals surface area contributed by atoms with Crippen molar-refractivity contribution in [2.75, 3.05) is 11.9 Å². The molecule has 0 saturated heterocycles. The molecular formula is C17H24N2. The Morgan fingerprint density at radius 3 is 2.58 bits per heavy atom. The van der Waals surface area contributed by atoms with Crippen molar-refractivity contribution in [2.24, 2.45) is 0 Å². The Morgan fingerprint density at radius 1 is 1.21 bits per heavy atom. The van der Waals surface area contributed by atoms with Gasteiger partial charge in [0.1, 0.15) is 0 Å². The third-order valence-electron chi connectivity index (χ3n) is 3.57. The highest BCUT2D eigenvalue weighted by molar-refractivity contribution is 5.95. The molecule has 0 bridgehead atoms. The van der Waals surface area contributed by atoms with Crippen LogP contribution in [0.4, 0.5) is 5.69 Å². The predicted octanol–water partition coefficient (Wildman–Crippen LogP) is 4.80. The van der Waals surface area contributed by atoms with E-state index >= 15 is 0 Å². The summed E-state index contributed by atoms with van der Waals surface area (Å²) in [6.07, 6.45) is 1.13. The Labute approximate surface area is 116 Å². The van der Waals surface area contributed by atoms with Crippen molar-refractivity contribution < 1.29 is 0 Å². The van der Waals surface area contributed by atoms with E-state index in [1.165, 1.54) is 22.2 Å². The van der Waals surface area contributed by atoms with Crippen LogP contribution in [-0.4, -0.2) is 11.5 Å². The molecule has 2 rings (SSSR count). The van der Waals surface area contributed by atoms with Gasteiger partial charge in [0, 0.05) is 23.3 Å². The molecule has 0 aliphatic carbocycles. The Bertz CT molecular complexity index is 585. The number of hydrogen-bond acceptors (Lipinski definition) is 2. The van der Waals surface area contributed by atoms with E-state index in [1.807, 2.05) is 0 Å². The first kappa shape index (κ1) is 13.9. The maximum Gasteiger partial charge on any atom is 0.0755 e. The molecular weight excluding hydrogens is 232 g/mol. The first-order valence-electron chi connectivity index (χ1n) is 7.20. The van der Waals surface area contributed by atoms with Gasteiger partial charge in [-0.05, 0) is 37.3 Å². The monoisotopic (exact) mass is 256 g/mol. The summed E-state index contributed by atoms with van der Waals surface area (Å²) >= 11 is 0. The van der Waals surface area contributed by atoms with Gasteiger partial charge in [-0.2, -0.15) is 0 Å². The number of para-hydroxylation sites is 1. The number of fused-ring (bicyclic) bond motifs is 1. The van der Waals surface area contributed by atoms with Crippen LogP contribution in [0.1, 0.15) is 49.9 Å². The summed E-state index contributed by atoms with van der Waals surface area (Å²) in [6, 6.07) is 6.43. The Morgan fingerprint density at radius 2 is 1.95 bits per heavy atom. The van der Waals surface area contributed by atoms with Crippen LogP contribution in [0, 0.1) is 13.8 Å². The van der Waals surface area contributed by atoms with Gasteiger partial charge in [0.2, 0.25) is 0 Å². The third-order valence-corrected chi connectivity index (χ3v) is 3.57. The standard InChI is InChI=1S/C17H24N2/c1-6-10-18-17-14-9-7-8-12(4)16(14)19-13(5)15(17)11(2)3/h7-9,11H,6,10H2,1-5H3,(H,18,19). The van der Waals surface area contributed by atoms with Gasteiger partial charge < -0.3 is 5.32 Å². The summed E-state index contributed by atoms with van der Waals surface area (Å²) in [4.78, 5) is 4.83. The largest absolute Gasteiger partial charge is 0.384 e. The minimum Gasteiger partial charge on any atom is -0.384 e. The van der Waals surface area contributed by atoms with E-state index in [-0.39, 0.29) is 0 Å². The Kier molecular flexibility index (Phi) is 4.08. The molecule has 0 atom stereocenters. The molecule has 0 amide bonds.